The molecule has 0 aliphatic carbocycles. The van der Waals surface area contributed by atoms with Crippen molar-refractivity contribution in [2.75, 3.05) is 18.4 Å². The van der Waals surface area contributed by atoms with Gasteiger partial charge in [0.15, 0.2) is 5.75 Å². The summed E-state index contributed by atoms with van der Waals surface area (Å²) in [4.78, 5) is 8.20. The molecule has 0 bridgehead atoms. The summed E-state index contributed by atoms with van der Waals surface area (Å²) in [6.45, 7) is 7.16. The van der Waals surface area contributed by atoms with Crippen LogP contribution in [0, 0.1) is 0 Å². The van der Waals surface area contributed by atoms with E-state index in [2.05, 4.69) is 15.3 Å². The van der Waals surface area contributed by atoms with Gasteiger partial charge in [-0.3, -0.25) is 0 Å². The minimum atomic E-state index is -0.227. The van der Waals surface area contributed by atoms with Crippen molar-refractivity contribution in [3.8, 4) is 5.75 Å². The van der Waals surface area contributed by atoms with Crippen molar-refractivity contribution >= 4 is 5.95 Å². The second-order valence-electron chi connectivity index (χ2n) is 4.17. The Morgan fingerprint density at radius 1 is 1.33 bits per heavy atom. The standard InChI is InChI=1S/C10H18N4O/c1-10(2,3)15-8-6-13-9(14-7-8)12-5-4-11/h6-7H,4-5,11H2,1-3H3,(H,12,13,14). The van der Waals surface area contributed by atoms with Crippen LogP contribution < -0.4 is 15.8 Å². The summed E-state index contributed by atoms with van der Waals surface area (Å²) in [5.41, 5.74) is 5.12. The van der Waals surface area contributed by atoms with E-state index in [1.165, 1.54) is 0 Å². The second kappa shape index (κ2) is 4.93. The van der Waals surface area contributed by atoms with Crippen molar-refractivity contribution in [3.63, 3.8) is 0 Å². The molecule has 5 nitrogen and oxygen atoms in total. The maximum absolute atomic E-state index is 5.58. The lowest BCUT2D eigenvalue weighted by Crippen LogP contribution is -2.23. The summed E-state index contributed by atoms with van der Waals surface area (Å²) in [5.74, 6) is 1.24. The maximum atomic E-state index is 5.58. The van der Waals surface area contributed by atoms with Gasteiger partial charge in [-0.1, -0.05) is 0 Å². The van der Waals surface area contributed by atoms with Gasteiger partial charge in [0.1, 0.15) is 5.60 Å². The van der Waals surface area contributed by atoms with Gasteiger partial charge in [0.2, 0.25) is 5.95 Å². The molecule has 0 aliphatic rings. The SMILES string of the molecule is CC(C)(C)Oc1cnc(NCCN)nc1. The molecular formula is C10H18N4O. The topological polar surface area (TPSA) is 73.1 Å². The Labute approximate surface area is 90.1 Å². The van der Waals surface area contributed by atoms with Crippen LogP contribution in [0.25, 0.3) is 0 Å². The van der Waals surface area contributed by atoms with E-state index in [9.17, 15) is 0 Å². The number of rotatable bonds is 4. The molecule has 84 valence electrons. The summed E-state index contributed by atoms with van der Waals surface area (Å²) in [5, 5.41) is 2.98. The molecule has 0 atom stereocenters. The molecule has 0 spiro atoms. The smallest absolute Gasteiger partial charge is 0.222 e. The van der Waals surface area contributed by atoms with Gasteiger partial charge in [0, 0.05) is 13.1 Å². The molecule has 0 unspecified atom stereocenters. The van der Waals surface area contributed by atoms with Crippen molar-refractivity contribution in [2.24, 2.45) is 5.73 Å². The van der Waals surface area contributed by atoms with Crippen molar-refractivity contribution < 1.29 is 4.74 Å². The molecule has 0 aliphatic heterocycles. The van der Waals surface area contributed by atoms with Crippen molar-refractivity contribution in [2.45, 2.75) is 26.4 Å². The molecule has 1 aromatic heterocycles. The first-order valence-corrected chi connectivity index (χ1v) is 4.96. The van der Waals surface area contributed by atoms with Crippen molar-refractivity contribution in [1.29, 1.82) is 0 Å². The van der Waals surface area contributed by atoms with E-state index in [1.54, 1.807) is 12.4 Å². The number of ether oxygens (including phenoxy) is 1. The molecule has 1 heterocycles. The lowest BCUT2D eigenvalue weighted by molar-refractivity contribution is 0.130. The predicted molar refractivity (Wildman–Crippen MR) is 60.0 cm³/mol. The van der Waals surface area contributed by atoms with Crippen molar-refractivity contribution in [1.82, 2.24) is 9.97 Å². The number of nitrogens with one attached hydrogen (secondary N) is 1. The molecule has 0 fully saturated rings. The second-order valence-corrected chi connectivity index (χ2v) is 4.17. The highest BCUT2D eigenvalue weighted by Crippen LogP contribution is 2.15. The summed E-state index contributed by atoms with van der Waals surface area (Å²) < 4.78 is 5.58. The Morgan fingerprint density at radius 2 is 1.93 bits per heavy atom. The molecule has 15 heavy (non-hydrogen) atoms. The van der Waals surface area contributed by atoms with E-state index in [0.29, 0.717) is 24.8 Å². The van der Waals surface area contributed by atoms with Crippen LogP contribution in [0.5, 0.6) is 5.75 Å². The van der Waals surface area contributed by atoms with Gasteiger partial charge < -0.3 is 15.8 Å². The van der Waals surface area contributed by atoms with Gasteiger partial charge in [-0.05, 0) is 20.8 Å². The van der Waals surface area contributed by atoms with Crippen molar-refractivity contribution in [3.05, 3.63) is 12.4 Å². The first kappa shape index (κ1) is 11.7. The van der Waals surface area contributed by atoms with E-state index < -0.39 is 0 Å². The minimum Gasteiger partial charge on any atom is -0.485 e. The van der Waals surface area contributed by atoms with Gasteiger partial charge >= 0.3 is 0 Å². The van der Waals surface area contributed by atoms with E-state index in [4.69, 9.17) is 10.5 Å². The molecule has 1 rings (SSSR count). The number of hydrogen-bond acceptors (Lipinski definition) is 5. The van der Waals surface area contributed by atoms with E-state index in [1.807, 2.05) is 20.8 Å². The largest absolute Gasteiger partial charge is 0.485 e. The summed E-state index contributed by atoms with van der Waals surface area (Å²) in [6, 6.07) is 0. The Hall–Kier alpha value is -1.36. The zero-order valence-corrected chi connectivity index (χ0v) is 9.45. The van der Waals surface area contributed by atoms with Crippen LogP contribution in [-0.4, -0.2) is 28.7 Å². The summed E-state index contributed by atoms with van der Waals surface area (Å²) in [7, 11) is 0. The third-order valence-corrected chi connectivity index (χ3v) is 1.48. The summed E-state index contributed by atoms with van der Waals surface area (Å²) >= 11 is 0. The predicted octanol–water partition coefficient (Wildman–Crippen LogP) is 1.02. The zero-order chi connectivity index (χ0) is 11.3. The molecule has 0 aromatic carbocycles. The Morgan fingerprint density at radius 3 is 2.40 bits per heavy atom. The van der Waals surface area contributed by atoms with Gasteiger partial charge in [-0.25, -0.2) is 9.97 Å². The maximum Gasteiger partial charge on any atom is 0.222 e. The van der Waals surface area contributed by atoms with E-state index in [-0.39, 0.29) is 5.60 Å². The highest BCUT2D eigenvalue weighted by molar-refractivity contribution is 5.27. The highest BCUT2D eigenvalue weighted by atomic mass is 16.5. The molecular weight excluding hydrogens is 192 g/mol. The molecule has 0 amide bonds. The fourth-order valence-corrected chi connectivity index (χ4v) is 0.998. The first-order chi connectivity index (χ1) is 7.01. The molecule has 0 saturated heterocycles. The minimum absolute atomic E-state index is 0.227. The van der Waals surface area contributed by atoms with Gasteiger partial charge in [0.05, 0.1) is 12.4 Å². The number of nitrogens with two attached hydrogens (primary N) is 1. The van der Waals surface area contributed by atoms with Gasteiger partial charge in [-0.15, -0.1) is 0 Å². The van der Waals surface area contributed by atoms with E-state index >= 15 is 0 Å². The quantitative estimate of drug-likeness (QED) is 0.776. The number of anilines is 1. The Kier molecular flexibility index (Phi) is 3.85. The van der Waals surface area contributed by atoms with Gasteiger partial charge in [0.25, 0.3) is 0 Å². The Balaban J connectivity index is 2.56. The molecule has 3 N–H and O–H groups in total. The first-order valence-electron chi connectivity index (χ1n) is 4.96. The lowest BCUT2D eigenvalue weighted by atomic mass is 10.2. The molecule has 0 radical (unpaired) electrons. The Bertz CT molecular complexity index is 291. The van der Waals surface area contributed by atoms with Gasteiger partial charge in [-0.2, -0.15) is 0 Å². The molecule has 5 heteroatoms. The molecule has 1 aromatic rings. The monoisotopic (exact) mass is 210 g/mol. The van der Waals surface area contributed by atoms with Crippen LogP contribution in [0.2, 0.25) is 0 Å². The highest BCUT2D eigenvalue weighted by Gasteiger charge is 2.11. The fraction of sp³-hybridized carbons (Fsp3) is 0.600. The average Bonchev–Trinajstić information content (AvgIpc) is 2.14. The lowest BCUT2D eigenvalue weighted by Gasteiger charge is -2.20. The van der Waals surface area contributed by atoms with Crippen LogP contribution in [-0.2, 0) is 0 Å². The number of hydrogen-bond donors (Lipinski definition) is 2. The third-order valence-electron chi connectivity index (χ3n) is 1.48. The van der Waals surface area contributed by atoms with Crippen LogP contribution in [0.3, 0.4) is 0 Å². The van der Waals surface area contributed by atoms with Crippen LogP contribution >= 0.6 is 0 Å². The fourth-order valence-electron chi connectivity index (χ4n) is 0.998. The summed E-state index contributed by atoms with van der Waals surface area (Å²) in [6.07, 6.45) is 3.30. The average molecular weight is 210 g/mol. The van der Waals surface area contributed by atoms with Crippen LogP contribution in [0.4, 0.5) is 5.95 Å². The zero-order valence-electron chi connectivity index (χ0n) is 9.45. The number of nitrogens with zero attached hydrogens (tertiary/aromatic N) is 2. The molecule has 0 saturated carbocycles. The van der Waals surface area contributed by atoms with Crippen LogP contribution in [0.1, 0.15) is 20.8 Å². The number of aromatic nitrogens is 2. The third kappa shape index (κ3) is 4.60. The van der Waals surface area contributed by atoms with E-state index in [0.717, 1.165) is 0 Å². The van der Waals surface area contributed by atoms with Crippen LogP contribution in [0.15, 0.2) is 12.4 Å². The normalized spacial score (nSPS) is 11.2.